The number of benzene rings is 3. The molecule has 0 spiro atoms. The van der Waals surface area contributed by atoms with Crippen molar-refractivity contribution in [1.29, 1.82) is 0 Å². The summed E-state index contributed by atoms with van der Waals surface area (Å²) in [6.07, 6.45) is 0.873. The van der Waals surface area contributed by atoms with E-state index in [1.165, 1.54) is 16.2 Å². The van der Waals surface area contributed by atoms with E-state index in [4.69, 9.17) is 14.5 Å². The maximum Gasteiger partial charge on any atom is 0.301 e. The molecule has 200 valence electrons. The van der Waals surface area contributed by atoms with Crippen molar-refractivity contribution in [2.75, 3.05) is 11.5 Å². The molecule has 1 aliphatic heterocycles. The largest absolute Gasteiger partial charge is 0.507 e. The van der Waals surface area contributed by atoms with Gasteiger partial charge in [0.05, 0.1) is 34.5 Å². The van der Waals surface area contributed by atoms with Crippen LogP contribution in [0.25, 0.3) is 16.0 Å². The topological polar surface area (TPSA) is 89.0 Å². The molecule has 1 aromatic heterocycles. The highest BCUT2D eigenvalue weighted by molar-refractivity contribution is 7.22. The third-order valence-electron chi connectivity index (χ3n) is 6.51. The standard InChI is InChI=1S/C31H30N2O5S/c1-5-19-7-16-24-25(17-19)39-31(32-24)33-27(20-8-14-23(15-9-20)38-18(3)4)26(29(35)30(33)36)28(34)21-10-12-22(13-11-21)37-6-2/h7-18,27,34H,5-6H2,1-4H3. The van der Waals surface area contributed by atoms with Gasteiger partial charge in [-0.3, -0.25) is 14.5 Å². The van der Waals surface area contributed by atoms with E-state index < -0.39 is 17.7 Å². The fourth-order valence-electron chi connectivity index (χ4n) is 4.66. The van der Waals surface area contributed by atoms with Crippen molar-refractivity contribution < 1.29 is 24.2 Å². The first-order chi connectivity index (χ1) is 18.8. The smallest absolute Gasteiger partial charge is 0.301 e. The molecule has 1 atom stereocenters. The van der Waals surface area contributed by atoms with Crippen LogP contribution in [0.15, 0.2) is 72.3 Å². The molecule has 0 bridgehead atoms. The second-order valence-corrected chi connectivity index (χ2v) is 10.5. The number of carbonyl (C=O) groups is 2. The molecule has 1 amide bonds. The van der Waals surface area contributed by atoms with Gasteiger partial charge in [-0.15, -0.1) is 0 Å². The Morgan fingerprint density at radius 3 is 2.33 bits per heavy atom. The molecule has 7 nitrogen and oxygen atoms in total. The molecule has 1 unspecified atom stereocenters. The number of carbonyl (C=O) groups excluding carboxylic acids is 2. The SMILES string of the molecule is CCOc1ccc(C(O)=C2C(=O)C(=O)N(c3nc4ccc(CC)cc4s3)C2c2ccc(OC(C)C)cc2)cc1. The van der Waals surface area contributed by atoms with Crippen molar-refractivity contribution >= 4 is 44.1 Å². The predicted octanol–water partition coefficient (Wildman–Crippen LogP) is 6.67. The molecule has 1 aliphatic rings. The van der Waals surface area contributed by atoms with Crippen molar-refractivity contribution in [3.8, 4) is 11.5 Å². The molecule has 0 radical (unpaired) electrons. The van der Waals surface area contributed by atoms with Gasteiger partial charge in [-0.25, -0.2) is 4.98 Å². The summed E-state index contributed by atoms with van der Waals surface area (Å²) in [7, 11) is 0. The maximum absolute atomic E-state index is 13.5. The summed E-state index contributed by atoms with van der Waals surface area (Å²) in [6, 6.07) is 19.2. The molecule has 1 N–H and O–H groups in total. The highest BCUT2D eigenvalue weighted by Crippen LogP contribution is 2.44. The summed E-state index contributed by atoms with van der Waals surface area (Å²) >= 11 is 1.35. The molecule has 5 rings (SSSR count). The molecule has 3 aromatic carbocycles. The van der Waals surface area contributed by atoms with Gasteiger partial charge >= 0.3 is 5.91 Å². The van der Waals surface area contributed by atoms with Gasteiger partial charge < -0.3 is 14.6 Å². The Morgan fingerprint density at radius 1 is 1.00 bits per heavy atom. The number of Topliss-reactive ketones (excluding diaryl/α,β-unsaturated/α-hetero) is 1. The van der Waals surface area contributed by atoms with Crippen LogP contribution >= 0.6 is 11.3 Å². The van der Waals surface area contributed by atoms with Gasteiger partial charge in [0.2, 0.25) is 0 Å². The fraction of sp³-hybridized carbons (Fsp3) is 0.258. The van der Waals surface area contributed by atoms with Gasteiger partial charge in [-0.05, 0) is 86.8 Å². The lowest BCUT2D eigenvalue weighted by molar-refractivity contribution is -0.132. The molecule has 1 saturated heterocycles. The van der Waals surface area contributed by atoms with Crippen LogP contribution in [0, 0.1) is 0 Å². The number of anilines is 1. The second-order valence-electron chi connectivity index (χ2n) is 9.51. The van der Waals surface area contributed by atoms with Crippen molar-refractivity contribution in [3.63, 3.8) is 0 Å². The second kappa shape index (κ2) is 10.9. The zero-order chi connectivity index (χ0) is 27.7. The summed E-state index contributed by atoms with van der Waals surface area (Å²) in [5.41, 5.74) is 2.99. The Bertz CT molecular complexity index is 1550. The lowest BCUT2D eigenvalue weighted by atomic mass is 9.95. The molecular weight excluding hydrogens is 512 g/mol. The summed E-state index contributed by atoms with van der Waals surface area (Å²) in [5.74, 6) is -0.426. The van der Waals surface area contributed by atoms with Crippen LogP contribution in [0.3, 0.4) is 0 Å². The van der Waals surface area contributed by atoms with E-state index in [2.05, 4.69) is 13.0 Å². The molecule has 0 aliphatic carbocycles. The van der Waals surface area contributed by atoms with Gasteiger partial charge in [0.1, 0.15) is 17.3 Å². The number of thiazole rings is 1. The number of nitrogens with zero attached hydrogens (tertiary/aromatic N) is 2. The third kappa shape index (κ3) is 5.12. The number of rotatable bonds is 8. The van der Waals surface area contributed by atoms with E-state index in [0.29, 0.717) is 34.4 Å². The summed E-state index contributed by atoms with van der Waals surface area (Å²) in [6.45, 7) is 8.36. The highest BCUT2D eigenvalue weighted by atomic mass is 32.1. The van der Waals surface area contributed by atoms with Crippen molar-refractivity contribution in [2.45, 2.75) is 46.3 Å². The lowest BCUT2D eigenvalue weighted by Gasteiger charge is -2.23. The van der Waals surface area contributed by atoms with Crippen molar-refractivity contribution in [1.82, 2.24) is 4.98 Å². The Balaban J connectivity index is 1.65. The zero-order valence-electron chi connectivity index (χ0n) is 22.3. The number of ether oxygens (including phenoxy) is 2. The van der Waals surface area contributed by atoms with Crippen LogP contribution in [0.1, 0.15) is 50.4 Å². The number of ketones is 1. The average Bonchev–Trinajstić information content (AvgIpc) is 3.46. The van der Waals surface area contributed by atoms with Crippen molar-refractivity contribution in [3.05, 3.63) is 89.0 Å². The Morgan fingerprint density at radius 2 is 1.69 bits per heavy atom. The molecule has 8 heteroatoms. The normalized spacial score (nSPS) is 16.8. The van der Waals surface area contributed by atoms with Crippen molar-refractivity contribution in [2.24, 2.45) is 0 Å². The Labute approximate surface area is 231 Å². The van der Waals surface area contributed by atoms with E-state index >= 15 is 0 Å². The monoisotopic (exact) mass is 542 g/mol. The van der Waals surface area contributed by atoms with Crippen LogP contribution in [0.5, 0.6) is 11.5 Å². The fourth-order valence-corrected chi connectivity index (χ4v) is 5.71. The van der Waals surface area contributed by atoms with E-state index in [9.17, 15) is 14.7 Å². The predicted molar refractivity (Wildman–Crippen MR) is 154 cm³/mol. The summed E-state index contributed by atoms with van der Waals surface area (Å²) in [4.78, 5) is 33.2. The number of aliphatic hydroxyl groups excluding tert-OH is 1. The van der Waals surface area contributed by atoms with Gasteiger partial charge in [0.25, 0.3) is 5.78 Å². The Hall–Kier alpha value is -4.17. The molecule has 4 aromatic rings. The number of aromatic nitrogens is 1. The average molecular weight is 543 g/mol. The third-order valence-corrected chi connectivity index (χ3v) is 7.52. The lowest BCUT2D eigenvalue weighted by Crippen LogP contribution is -2.29. The van der Waals surface area contributed by atoms with E-state index in [-0.39, 0.29) is 17.4 Å². The highest BCUT2D eigenvalue weighted by Gasteiger charge is 2.48. The summed E-state index contributed by atoms with van der Waals surface area (Å²) in [5, 5.41) is 11.8. The minimum Gasteiger partial charge on any atom is -0.507 e. The first-order valence-electron chi connectivity index (χ1n) is 13.0. The molecule has 1 fully saturated rings. The molecule has 39 heavy (non-hydrogen) atoms. The summed E-state index contributed by atoms with van der Waals surface area (Å²) < 4.78 is 12.2. The number of fused-ring (bicyclic) bond motifs is 1. The first kappa shape index (κ1) is 26.4. The first-order valence-corrected chi connectivity index (χ1v) is 13.8. The van der Waals surface area contributed by atoms with Gasteiger partial charge in [0, 0.05) is 5.56 Å². The maximum atomic E-state index is 13.5. The number of aryl methyl sites for hydroxylation is 1. The van der Waals surface area contributed by atoms with Crippen LogP contribution in [0.2, 0.25) is 0 Å². The van der Waals surface area contributed by atoms with Gasteiger partial charge in [0.15, 0.2) is 5.13 Å². The molecule has 0 saturated carbocycles. The van der Waals surface area contributed by atoms with Crippen LogP contribution in [-0.4, -0.2) is 34.5 Å². The number of hydrogen-bond acceptors (Lipinski definition) is 7. The van der Waals surface area contributed by atoms with E-state index in [1.807, 2.05) is 45.0 Å². The number of amides is 1. The van der Waals surface area contributed by atoms with Gasteiger partial charge in [-0.1, -0.05) is 36.5 Å². The number of hydrogen-bond donors (Lipinski definition) is 1. The molecular formula is C31H30N2O5S. The van der Waals surface area contributed by atoms with Gasteiger partial charge in [-0.2, -0.15) is 0 Å². The quantitative estimate of drug-likeness (QED) is 0.152. The minimum atomic E-state index is -0.865. The van der Waals surface area contributed by atoms with E-state index in [1.54, 1.807) is 36.4 Å². The van der Waals surface area contributed by atoms with Crippen LogP contribution in [-0.2, 0) is 16.0 Å². The Kier molecular flexibility index (Phi) is 7.39. The van der Waals surface area contributed by atoms with Crippen LogP contribution < -0.4 is 14.4 Å². The number of aliphatic hydroxyl groups is 1. The van der Waals surface area contributed by atoms with E-state index in [0.717, 1.165) is 22.2 Å². The van der Waals surface area contributed by atoms with Crippen LogP contribution in [0.4, 0.5) is 5.13 Å². The zero-order valence-corrected chi connectivity index (χ0v) is 23.1. The molecule has 2 heterocycles. The minimum absolute atomic E-state index is 0.00287.